The second kappa shape index (κ2) is 5.12. The second-order valence-electron chi connectivity index (χ2n) is 4.23. The molecule has 1 amide bonds. The molecule has 3 heteroatoms. The molecule has 1 aromatic carbocycles. The van der Waals surface area contributed by atoms with Crippen molar-refractivity contribution >= 4 is 5.91 Å². The first-order chi connectivity index (χ1) is 7.81. The van der Waals surface area contributed by atoms with Crippen LogP contribution in [-0.2, 0) is 6.42 Å². The van der Waals surface area contributed by atoms with E-state index in [2.05, 4.69) is 0 Å². The third-order valence-electron chi connectivity index (χ3n) is 3.03. The molecular weight excluding hydrogens is 200 g/mol. The van der Waals surface area contributed by atoms with Crippen LogP contribution in [0.3, 0.4) is 0 Å². The summed E-state index contributed by atoms with van der Waals surface area (Å²) >= 11 is 0. The van der Waals surface area contributed by atoms with Crippen molar-refractivity contribution in [3.8, 4) is 0 Å². The maximum absolute atomic E-state index is 12.0. The lowest BCUT2D eigenvalue weighted by Gasteiger charge is -2.15. The molecule has 2 N–H and O–H groups in total. The van der Waals surface area contributed by atoms with E-state index in [1.54, 1.807) is 0 Å². The van der Waals surface area contributed by atoms with Crippen molar-refractivity contribution in [2.45, 2.75) is 19.3 Å². The lowest BCUT2D eigenvalue weighted by molar-refractivity contribution is 0.0793. The Morgan fingerprint density at radius 1 is 1.19 bits per heavy atom. The molecule has 0 bridgehead atoms. The smallest absolute Gasteiger partial charge is 0.253 e. The molecule has 16 heavy (non-hydrogen) atoms. The molecule has 3 nitrogen and oxygen atoms in total. The zero-order valence-corrected chi connectivity index (χ0v) is 9.48. The van der Waals surface area contributed by atoms with Crippen LogP contribution in [0.25, 0.3) is 0 Å². The lowest BCUT2D eigenvalue weighted by Crippen LogP contribution is -2.27. The van der Waals surface area contributed by atoms with Crippen molar-refractivity contribution in [2.75, 3.05) is 19.6 Å². The molecule has 86 valence electrons. The van der Waals surface area contributed by atoms with Crippen LogP contribution in [0.2, 0.25) is 0 Å². The Balaban J connectivity index is 2.05. The first kappa shape index (κ1) is 11.1. The van der Waals surface area contributed by atoms with Gasteiger partial charge in [-0.2, -0.15) is 0 Å². The first-order valence-electron chi connectivity index (χ1n) is 5.89. The molecule has 1 aromatic rings. The van der Waals surface area contributed by atoms with Gasteiger partial charge in [-0.3, -0.25) is 4.79 Å². The monoisotopic (exact) mass is 218 g/mol. The molecule has 0 unspecified atom stereocenters. The normalized spacial score (nSPS) is 15.4. The highest BCUT2D eigenvalue weighted by atomic mass is 16.2. The number of rotatable bonds is 3. The Kier molecular flexibility index (Phi) is 3.57. The molecule has 2 rings (SSSR count). The zero-order valence-electron chi connectivity index (χ0n) is 9.48. The van der Waals surface area contributed by atoms with Gasteiger partial charge >= 0.3 is 0 Å². The van der Waals surface area contributed by atoms with Crippen LogP contribution < -0.4 is 5.73 Å². The average Bonchev–Trinajstić information content (AvgIpc) is 2.83. The zero-order chi connectivity index (χ0) is 11.4. The summed E-state index contributed by atoms with van der Waals surface area (Å²) in [5.74, 6) is 0.164. The van der Waals surface area contributed by atoms with E-state index in [1.165, 1.54) is 5.56 Å². The number of carbonyl (C=O) groups excluding carboxylic acids is 1. The van der Waals surface area contributed by atoms with E-state index in [0.717, 1.165) is 37.9 Å². The topological polar surface area (TPSA) is 46.3 Å². The highest BCUT2D eigenvalue weighted by Gasteiger charge is 2.18. The second-order valence-corrected chi connectivity index (χ2v) is 4.23. The molecule has 0 atom stereocenters. The Morgan fingerprint density at radius 2 is 1.81 bits per heavy atom. The van der Waals surface area contributed by atoms with Gasteiger partial charge in [0.2, 0.25) is 0 Å². The van der Waals surface area contributed by atoms with Gasteiger partial charge in [0.15, 0.2) is 0 Å². The van der Waals surface area contributed by atoms with Crippen LogP contribution >= 0.6 is 0 Å². The summed E-state index contributed by atoms with van der Waals surface area (Å²) in [6.07, 6.45) is 3.15. The molecular formula is C13H18N2O. The molecule has 0 aromatic heterocycles. The Hall–Kier alpha value is -1.35. The van der Waals surface area contributed by atoms with E-state index >= 15 is 0 Å². The van der Waals surface area contributed by atoms with Crippen LogP contribution in [0.1, 0.15) is 28.8 Å². The van der Waals surface area contributed by atoms with Gasteiger partial charge in [-0.05, 0) is 43.5 Å². The SMILES string of the molecule is NCCc1ccc(C(=O)N2CCCC2)cc1. The lowest BCUT2D eigenvalue weighted by atomic mass is 10.1. The van der Waals surface area contributed by atoms with Gasteiger partial charge in [0.05, 0.1) is 0 Å². The number of nitrogens with two attached hydrogens (primary N) is 1. The Bertz CT molecular complexity index is 353. The third kappa shape index (κ3) is 2.42. The van der Waals surface area contributed by atoms with E-state index in [9.17, 15) is 4.79 Å². The average molecular weight is 218 g/mol. The molecule has 1 aliphatic heterocycles. The van der Waals surface area contributed by atoms with E-state index in [-0.39, 0.29) is 5.91 Å². The van der Waals surface area contributed by atoms with Gasteiger partial charge in [-0.25, -0.2) is 0 Å². The summed E-state index contributed by atoms with van der Waals surface area (Å²) in [5, 5.41) is 0. The summed E-state index contributed by atoms with van der Waals surface area (Å²) in [6.45, 7) is 2.46. The predicted molar refractivity (Wildman–Crippen MR) is 64.3 cm³/mol. The van der Waals surface area contributed by atoms with Crippen molar-refractivity contribution in [2.24, 2.45) is 5.73 Å². The molecule has 1 saturated heterocycles. The minimum absolute atomic E-state index is 0.164. The fourth-order valence-electron chi connectivity index (χ4n) is 2.08. The summed E-state index contributed by atoms with van der Waals surface area (Å²) < 4.78 is 0. The standard InChI is InChI=1S/C13H18N2O/c14-8-7-11-3-5-12(6-4-11)13(16)15-9-1-2-10-15/h3-6H,1-2,7-10,14H2. The molecule has 1 aliphatic rings. The minimum atomic E-state index is 0.164. The van der Waals surface area contributed by atoms with Crippen molar-refractivity contribution in [1.29, 1.82) is 0 Å². The summed E-state index contributed by atoms with van der Waals surface area (Å²) in [7, 11) is 0. The fourth-order valence-corrected chi connectivity index (χ4v) is 2.08. The number of hydrogen-bond acceptors (Lipinski definition) is 2. The predicted octanol–water partition coefficient (Wildman–Crippen LogP) is 1.42. The summed E-state index contributed by atoms with van der Waals surface area (Å²) in [5.41, 5.74) is 7.47. The first-order valence-corrected chi connectivity index (χ1v) is 5.89. The summed E-state index contributed by atoms with van der Waals surface area (Å²) in [4.78, 5) is 13.9. The Labute approximate surface area is 96.2 Å². The van der Waals surface area contributed by atoms with Gasteiger partial charge < -0.3 is 10.6 Å². The molecule has 0 radical (unpaired) electrons. The van der Waals surface area contributed by atoms with Crippen LogP contribution in [0.4, 0.5) is 0 Å². The van der Waals surface area contributed by atoms with Crippen molar-refractivity contribution in [1.82, 2.24) is 4.90 Å². The highest BCUT2D eigenvalue weighted by Crippen LogP contribution is 2.13. The van der Waals surface area contributed by atoms with E-state index < -0.39 is 0 Å². The number of amides is 1. The van der Waals surface area contributed by atoms with Gasteiger partial charge in [-0.1, -0.05) is 12.1 Å². The number of hydrogen-bond donors (Lipinski definition) is 1. The van der Waals surface area contributed by atoms with Gasteiger partial charge in [0.25, 0.3) is 5.91 Å². The maximum atomic E-state index is 12.0. The van der Waals surface area contributed by atoms with Crippen molar-refractivity contribution in [3.05, 3.63) is 35.4 Å². The largest absolute Gasteiger partial charge is 0.339 e. The summed E-state index contributed by atoms with van der Waals surface area (Å²) in [6, 6.07) is 7.81. The van der Waals surface area contributed by atoms with Gasteiger partial charge in [0, 0.05) is 18.7 Å². The van der Waals surface area contributed by atoms with Crippen LogP contribution in [0.5, 0.6) is 0 Å². The van der Waals surface area contributed by atoms with Crippen LogP contribution in [0, 0.1) is 0 Å². The van der Waals surface area contributed by atoms with Gasteiger partial charge in [0.1, 0.15) is 0 Å². The van der Waals surface area contributed by atoms with Crippen molar-refractivity contribution in [3.63, 3.8) is 0 Å². The Morgan fingerprint density at radius 3 is 2.38 bits per heavy atom. The number of likely N-dealkylation sites (tertiary alicyclic amines) is 1. The van der Waals surface area contributed by atoms with Crippen LogP contribution in [-0.4, -0.2) is 30.4 Å². The van der Waals surface area contributed by atoms with E-state index in [4.69, 9.17) is 5.73 Å². The fraction of sp³-hybridized carbons (Fsp3) is 0.462. The molecule has 0 saturated carbocycles. The maximum Gasteiger partial charge on any atom is 0.253 e. The molecule has 1 heterocycles. The van der Waals surface area contributed by atoms with Crippen molar-refractivity contribution < 1.29 is 4.79 Å². The highest BCUT2D eigenvalue weighted by molar-refractivity contribution is 5.94. The van der Waals surface area contributed by atoms with Crippen LogP contribution in [0.15, 0.2) is 24.3 Å². The minimum Gasteiger partial charge on any atom is -0.339 e. The van der Waals surface area contributed by atoms with Gasteiger partial charge in [-0.15, -0.1) is 0 Å². The molecule has 0 aliphatic carbocycles. The molecule has 0 spiro atoms. The number of nitrogens with zero attached hydrogens (tertiary/aromatic N) is 1. The third-order valence-corrected chi connectivity index (χ3v) is 3.03. The number of benzene rings is 1. The van der Waals surface area contributed by atoms with E-state index in [1.807, 2.05) is 29.2 Å². The quantitative estimate of drug-likeness (QED) is 0.834. The molecule has 1 fully saturated rings. The van der Waals surface area contributed by atoms with E-state index in [0.29, 0.717) is 6.54 Å². The number of carbonyl (C=O) groups is 1.